The summed E-state index contributed by atoms with van der Waals surface area (Å²) in [5, 5.41) is 32.8. The van der Waals surface area contributed by atoms with E-state index in [0.717, 1.165) is 23.9 Å². The molecule has 0 amide bonds. The first-order valence-electron chi connectivity index (χ1n) is 7.63. The number of thioether (sulfide) groups is 1. The lowest BCUT2D eigenvalue weighted by Crippen LogP contribution is -2.35. The molecule has 0 radical (unpaired) electrons. The summed E-state index contributed by atoms with van der Waals surface area (Å²) in [5.74, 6) is -1.75. The van der Waals surface area contributed by atoms with E-state index in [1.165, 1.54) is 31.3 Å². The molecule has 0 aliphatic carbocycles. The van der Waals surface area contributed by atoms with Gasteiger partial charge in [0, 0.05) is 27.9 Å². The number of halogens is 3. The van der Waals surface area contributed by atoms with Gasteiger partial charge in [-0.05, 0) is 31.3 Å². The number of aliphatic carboxylic acids is 1. The number of hydrogen-bond acceptors (Lipinski definition) is 7. The standard InChI is InChI=1S/C10H11ClN2O4S.C6H3ClFNO2/c1-12-7(10(14)15)5-18-9-4-6(11)2-3-8(9)13(16)17;7-4-1-2-6(9(10)11)5(8)3-4/h2-4,7,12H,5H2,1H3,(H,14,15);1-3H/t7-;/m0./s1. The second kappa shape index (κ2) is 11.5. The number of carboxylic acids is 1. The summed E-state index contributed by atoms with van der Waals surface area (Å²) in [7, 11) is 1.52. The third-order valence-electron chi connectivity index (χ3n) is 3.28. The zero-order valence-electron chi connectivity index (χ0n) is 14.7. The number of nitrogens with zero attached hydrogens (tertiary/aromatic N) is 2. The van der Waals surface area contributed by atoms with E-state index in [2.05, 4.69) is 5.32 Å². The number of benzene rings is 2. The molecule has 29 heavy (non-hydrogen) atoms. The molecule has 0 unspecified atom stereocenters. The zero-order chi connectivity index (χ0) is 22.1. The fourth-order valence-corrected chi connectivity index (χ4v) is 3.39. The van der Waals surface area contributed by atoms with Crippen molar-refractivity contribution in [3.8, 4) is 0 Å². The lowest BCUT2D eigenvalue weighted by atomic mass is 10.3. The minimum atomic E-state index is -1.00. The van der Waals surface area contributed by atoms with Crippen molar-refractivity contribution in [3.05, 3.63) is 72.5 Å². The molecule has 9 nitrogen and oxygen atoms in total. The van der Waals surface area contributed by atoms with Gasteiger partial charge in [0.25, 0.3) is 5.69 Å². The maximum atomic E-state index is 12.6. The molecule has 0 aliphatic rings. The molecule has 2 aromatic rings. The maximum Gasteiger partial charge on any atom is 0.321 e. The molecular weight excluding hydrogens is 452 g/mol. The number of hydrogen-bond donors (Lipinski definition) is 2. The van der Waals surface area contributed by atoms with Crippen LogP contribution >= 0.6 is 35.0 Å². The molecule has 0 heterocycles. The van der Waals surface area contributed by atoms with Gasteiger partial charge in [-0.3, -0.25) is 25.0 Å². The minimum Gasteiger partial charge on any atom is -0.480 e. The monoisotopic (exact) mass is 465 g/mol. The van der Waals surface area contributed by atoms with Crippen LogP contribution < -0.4 is 5.32 Å². The van der Waals surface area contributed by atoms with Crippen molar-refractivity contribution in [2.45, 2.75) is 10.9 Å². The van der Waals surface area contributed by atoms with E-state index in [1.807, 2.05) is 0 Å². The van der Waals surface area contributed by atoms with Crippen LogP contribution in [-0.2, 0) is 4.79 Å². The van der Waals surface area contributed by atoms with Crippen LogP contribution in [0.2, 0.25) is 10.0 Å². The lowest BCUT2D eigenvalue weighted by Gasteiger charge is -2.10. The Balaban J connectivity index is 0.000000326. The van der Waals surface area contributed by atoms with Gasteiger partial charge in [0.05, 0.1) is 14.7 Å². The Labute approximate surface area is 178 Å². The molecule has 0 fully saturated rings. The SMILES string of the molecule is CN[C@@H](CSc1cc(Cl)ccc1[N+](=O)[O-])C(=O)O.O=[N+]([O-])c1ccc(Cl)cc1F. The largest absolute Gasteiger partial charge is 0.480 e. The number of carbonyl (C=O) groups is 1. The molecule has 0 aliphatic heterocycles. The van der Waals surface area contributed by atoms with Gasteiger partial charge in [0.15, 0.2) is 0 Å². The van der Waals surface area contributed by atoms with Crippen LogP contribution in [0, 0.1) is 26.0 Å². The van der Waals surface area contributed by atoms with Gasteiger partial charge in [0.1, 0.15) is 6.04 Å². The summed E-state index contributed by atoms with van der Waals surface area (Å²) in [6, 6.07) is 6.61. The molecule has 0 saturated heterocycles. The molecule has 0 bridgehead atoms. The van der Waals surface area contributed by atoms with Gasteiger partial charge in [-0.1, -0.05) is 23.2 Å². The molecule has 2 N–H and O–H groups in total. The summed E-state index contributed by atoms with van der Waals surface area (Å²) in [6.07, 6.45) is 0. The van der Waals surface area contributed by atoms with E-state index in [1.54, 1.807) is 0 Å². The van der Waals surface area contributed by atoms with E-state index in [0.29, 0.717) is 9.92 Å². The van der Waals surface area contributed by atoms with E-state index in [4.69, 9.17) is 28.3 Å². The Kier molecular flexibility index (Phi) is 9.75. The van der Waals surface area contributed by atoms with Gasteiger partial charge >= 0.3 is 11.7 Å². The Bertz CT molecular complexity index is 918. The predicted molar refractivity (Wildman–Crippen MR) is 107 cm³/mol. The van der Waals surface area contributed by atoms with Crippen molar-refractivity contribution in [2.75, 3.05) is 12.8 Å². The van der Waals surface area contributed by atoms with Crippen molar-refractivity contribution >= 4 is 52.3 Å². The first-order chi connectivity index (χ1) is 13.6. The number of nitro benzene ring substituents is 2. The lowest BCUT2D eigenvalue weighted by molar-refractivity contribution is -0.387. The highest BCUT2D eigenvalue weighted by Crippen LogP contribution is 2.32. The first kappa shape index (κ1) is 24.6. The molecule has 1 atom stereocenters. The Morgan fingerprint density at radius 1 is 1.14 bits per heavy atom. The topological polar surface area (TPSA) is 136 Å². The van der Waals surface area contributed by atoms with E-state index < -0.39 is 33.4 Å². The van der Waals surface area contributed by atoms with E-state index in [9.17, 15) is 29.4 Å². The highest BCUT2D eigenvalue weighted by atomic mass is 35.5. The molecule has 0 aromatic heterocycles. The van der Waals surface area contributed by atoms with Crippen molar-refractivity contribution in [3.63, 3.8) is 0 Å². The molecule has 156 valence electrons. The normalized spacial score (nSPS) is 11.2. The fourth-order valence-electron chi connectivity index (χ4n) is 1.83. The molecule has 0 spiro atoms. The number of carboxylic acid groups (broad SMARTS) is 1. The van der Waals surface area contributed by atoms with Gasteiger partial charge in [-0.2, -0.15) is 4.39 Å². The Morgan fingerprint density at radius 3 is 2.10 bits per heavy atom. The highest BCUT2D eigenvalue weighted by Gasteiger charge is 2.19. The number of likely N-dealkylation sites (N-methyl/N-ethyl adjacent to an activating group) is 1. The van der Waals surface area contributed by atoms with Crippen LogP contribution in [0.4, 0.5) is 15.8 Å². The van der Waals surface area contributed by atoms with Crippen LogP contribution in [0.3, 0.4) is 0 Å². The smallest absolute Gasteiger partial charge is 0.321 e. The Hall–Kier alpha value is -2.47. The molecule has 13 heteroatoms. The van der Waals surface area contributed by atoms with Crippen molar-refractivity contribution in [1.29, 1.82) is 0 Å². The van der Waals surface area contributed by atoms with Gasteiger partial charge in [-0.25, -0.2) is 0 Å². The predicted octanol–water partition coefficient (Wildman–Crippen LogP) is 4.40. The zero-order valence-corrected chi connectivity index (χ0v) is 17.0. The van der Waals surface area contributed by atoms with Gasteiger partial charge in [-0.15, -0.1) is 11.8 Å². The van der Waals surface area contributed by atoms with Crippen LogP contribution in [0.25, 0.3) is 0 Å². The third-order valence-corrected chi connectivity index (χ3v) is 4.89. The van der Waals surface area contributed by atoms with Crippen LogP contribution in [0.5, 0.6) is 0 Å². The van der Waals surface area contributed by atoms with Crippen LogP contribution in [0.15, 0.2) is 41.3 Å². The number of rotatable bonds is 7. The van der Waals surface area contributed by atoms with Crippen molar-refractivity contribution in [2.24, 2.45) is 0 Å². The molecule has 2 aromatic carbocycles. The molecule has 2 rings (SSSR count). The molecular formula is C16H14Cl2FN3O6S. The van der Waals surface area contributed by atoms with Crippen LogP contribution in [0.1, 0.15) is 0 Å². The summed E-state index contributed by atoms with van der Waals surface area (Å²) in [6.45, 7) is 0. The first-order valence-corrected chi connectivity index (χ1v) is 9.37. The van der Waals surface area contributed by atoms with Crippen LogP contribution in [-0.4, -0.2) is 39.8 Å². The van der Waals surface area contributed by atoms with Gasteiger partial charge < -0.3 is 10.4 Å². The minimum absolute atomic E-state index is 0.0790. The average Bonchev–Trinajstić information content (AvgIpc) is 2.62. The fraction of sp³-hybridized carbons (Fsp3) is 0.188. The Morgan fingerprint density at radius 2 is 1.66 bits per heavy atom. The summed E-state index contributed by atoms with van der Waals surface area (Å²) < 4.78 is 12.6. The second-order valence-electron chi connectivity index (χ2n) is 5.21. The second-order valence-corrected chi connectivity index (χ2v) is 7.15. The van der Waals surface area contributed by atoms with E-state index >= 15 is 0 Å². The van der Waals surface area contributed by atoms with Crippen molar-refractivity contribution < 1.29 is 24.1 Å². The van der Waals surface area contributed by atoms with Crippen molar-refractivity contribution in [1.82, 2.24) is 5.32 Å². The van der Waals surface area contributed by atoms with Gasteiger partial charge in [0.2, 0.25) is 5.82 Å². The number of nitrogens with one attached hydrogen (secondary N) is 1. The third kappa shape index (κ3) is 7.81. The summed E-state index contributed by atoms with van der Waals surface area (Å²) >= 11 is 12.2. The molecule has 0 saturated carbocycles. The average molecular weight is 466 g/mol. The summed E-state index contributed by atoms with van der Waals surface area (Å²) in [4.78, 5) is 30.7. The maximum absolute atomic E-state index is 12.6. The highest BCUT2D eigenvalue weighted by molar-refractivity contribution is 7.99. The summed E-state index contributed by atoms with van der Waals surface area (Å²) in [5.41, 5.74) is -0.640. The van der Waals surface area contributed by atoms with E-state index in [-0.39, 0.29) is 16.5 Å². The number of nitro groups is 2. The quantitative estimate of drug-likeness (QED) is 0.348.